The summed E-state index contributed by atoms with van der Waals surface area (Å²) in [4.78, 5) is 0. The minimum absolute atomic E-state index is 0.403. The molecule has 2 aromatic carbocycles. The van der Waals surface area contributed by atoms with E-state index in [1.807, 2.05) is 24.3 Å². The smallest absolute Gasteiger partial charge is 0.138 e. The van der Waals surface area contributed by atoms with Crippen LogP contribution < -0.4 is 4.74 Å². The fraction of sp³-hybridized carbons (Fsp3) is 0.0769. The Morgan fingerprint density at radius 2 is 1.59 bits per heavy atom. The van der Waals surface area contributed by atoms with Crippen LogP contribution >= 0.6 is 34.8 Å². The molecular weight excluding hydrogens is 279 g/mol. The maximum absolute atomic E-state index is 5.97. The predicted molar refractivity (Wildman–Crippen MR) is 72.2 cm³/mol. The normalized spacial score (nSPS) is 10.3. The number of halogens is 3. The van der Waals surface area contributed by atoms with Crippen molar-refractivity contribution in [1.29, 1.82) is 0 Å². The molecule has 0 saturated carbocycles. The van der Waals surface area contributed by atoms with Gasteiger partial charge in [-0.15, -0.1) is 0 Å². The van der Waals surface area contributed by atoms with Gasteiger partial charge in [-0.05, 0) is 29.8 Å². The molecule has 0 fully saturated rings. The van der Waals surface area contributed by atoms with Gasteiger partial charge in [0.1, 0.15) is 12.4 Å². The van der Waals surface area contributed by atoms with Crippen molar-refractivity contribution in [3.63, 3.8) is 0 Å². The lowest BCUT2D eigenvalue weighted by molar-refractivity contribution is 0.306. The second-order valence-corrected chi connectivity index (χ2v) is 4.69. The quantitative estimate of drug-likeness (QED) is 0.751. The molecule has 2 rings (SSSR count). The lowest BCUT2D eigenvalue weighted by atomic mass is 10.2. The van der Waals surface area contributed by atoms with Crippen LogP contribution in [-0.2, 0) is 6.61 Å². The molecular formula is C13H9Cl3O. The van der Waals surface area contributed by atoms with Gasteiger partial charge in [0.05, 0.1) is 15.1 Å². The summed E-state index contributed by atoms with van der Waals surface area (Å²) < 4.78 is 5.58. The Bertz CT molecular complexity index is 526. The van der Waals surface area contributed by atoms with E-state index in [1.54, 1.807) is 18.2 Å². The Kier molecular flexibility index (Phi) is 4.16. The van der Waals surface area contributed by atoms with Crippen LogP contribution in [0.5, 0.6) is 5.75 Å². The van der Waals surface area contributed by atoms with Crippen LogP contribution in [0, 0.1) is 0 Å². The highest BCUT2D eigenvalue weighted by Gasteiger charge is 2.02. The lowest BCUT2D eigenvalue weighted by Gasteiger charge is -2.08. The van der Waals surface area contributed by atoms with Crippen molar-refractivity contribution in [3.05, 3.63) is 63.1 Å². The van der Waals surface area contributed by atoms with Crippen LogP contribution in [0.25, 0.3) is 0 Å². The zero-order valence-electron chi connectivity index (χ0n) is 8.79. The van der Waals surface area contributed by atoms with Crippen LogP contribution in [0.15, 0.2) is 42.5 Å². The van der Waals surface area contributed by atoms with Crippen LogP contribution in [0.2, 0.25) is 15.1 Å². The Morgan fingerprint density at radius 3 is 2.29 bits per heavy atom. The van der Waals surface area contributed by atoms with Gasteiger partial charge in [0.15, 0.2) is 0 Å². The summed E-state index contributed by atoms with van der Waals surface area (Å²) in [6, 6.07) is 12.7. The Labute approximate surface area is 115 Å². The highest BCUT2D eigenvalue weighted by molar-refractivity contribution is 6.42. The van der Waals surface area contributed by atoms with Gasteiger partial charge in [0.2, 0.25) is 0 Å². The minimum atomic E-state index is 0.403. The van der Waals surface area contributed by atoms with Gasteiger partial charge in [-0.1, -0.05) is 53.0 Å². The van der Waals surface area contributed by atoms with Gasteiger partial charge in [0, 0.05) is 0 Å². The van der Waals surface area contributed by atoms with E-state index in [9.17, 15) is 0 Å². The Hall–Kier alpha value is -0.890. The second-order valence-electron chi connectivity index (χ2n) is 3.47. The molecule has 0 aliphatic heterocycles. The standard InChI is InChI=1S/C13H9Cl3O/c14-10-6-5-9(7-12(10)16)8-17-13-4-2-1-3-11(13)15/h1-7H,8H2. The van der Waals surface area contributed by atoms with Crippen LogP contribution in [0.4, 0.5) is 0 Å². The zero-order chi connectivity index (χ0) is 12.3. The van der Waals surface area contributed by atoms with Crippen molar-refractivity contribution < 1.29 is 4.74 Å². The van der Waals surface area contributed by atoms with E-state index in [1.165, 1.54) is 0 Å². The molecule has 0 atom stereocenters. The summed E-state index contributed by atoms with van der Waals surface area (Å²) in [5.41, 5.74) is 0.944. The summed E-state index contributed by atoms with van der Waals surface area (Å²) in [7, 11) is 0. The van der Waals surface area contributed by atoms with Gasteiger partial charge in [-0.2, -0.15) is 0 Å². The van der Waals surface area contributed by atoms with E-state index in [-0.39, 0.29) is 0 Å². The molecule has 0 radical (unpaired) electrons. The average molecular weight is 288 g/mol. The van der Waals surface area contributed by atoms with E-state index in [4.69, 9.17) is 39.5 Å². The van der Waals surface area contributed by atoms with Crippen molar-refractivity contribution in [2.24, 2.45) is 0 Å². The molecule has 0 heterocycles. The molecule has 0 N–H and O–H groups in total. The first-order chi connectivity index (χ1) is 8.16. The average Bonchev–Trinajstić information content (AvgIpc) is 2.32. The third kappa shape index (κ3) is 3.29. The molecule has 17 heavy (non-hydrogen) atoms. The monoisotopic (exact) mass is 286 g/mol. The summed E-state index contributed by atoms with van der Waals surface area (Å²) in [6.45, 7) is 0.403. The summed E-state index contributed by atoms with van der Waals surface area (Å²) >= 11 is 17.7. The van der Waals surface area contributed by atoms with Crippen LogP contribution in [0.3, 0.4) is 0 Å². The minimum Gasteiger partial charge on any atom is -0.487 e. The summed E-state index contributed by atoms with van der Waals surface area (Å²) in [6.07, 6.45) is 0. The zero-order valence-corrected chi connectivity index (χ0v) is 11.1. The number of hydrogen-bond donors (Lipinski definition) is 0. The second kappa shape index (κ2) is 5.63. The number of hydrogen-bond acceptors (Lipinski definition) is 1. The van der Waals surface area contributed by atoms with Gasteiger partial charge >= 0.3 is 0 Å². The van der Waals surface area contributed by atoms with E-state index >= 15 is 0 Å². The number of para-hydroxylation sites is 1. The van der Waals surface area contributed by atoms with Gasteiger partial charge in [0.25, 0.3) is 0 Å². The molecule has 2 aromatic rings. The first kappa shape index (κ1) is 12.6. The van der Waals surface area contributed by atoms with E-state index in [0.717, 1.165) is 5.56 Å². The van der Waals surface area contributed by atoms with Crippen molar-refractivity contribution >= 4 is 34.8 Å². The van der Waals surface area contributed by atoms with Crippen molar-refractivity contribution in [3.8, 4) is 5.75 Å². The van der Waals surface area contributed by atoms with Crippen LogP contribution in [0.1, 0.15) is 5.56 Å². The molecule has 0 unspecified atom stereocenters. The van der Waals surface area contributed by atoms with Crippen LogP contribution in [-0.4, -0.2) is 0 Å². The SMILES string of the molecule is Clc1ccc(COc2ccccc2Cl)cc1Cl. The fourth-order valence-corrected chi connectivity index (χ4v) is 1.86. The van der Waals surface area contributed by atoms with E-state index in [0.29, 0.717) is 27.4 Å². The highest BCUT2D eigenvalue weighted by atomic mass is 35.5. The molecule has 0 spiro atoms. The fourth-order valence-electron chi connectivity index (χ4n) is 1.35. The molecule has 1 nitrogen and oxygen atoms in total. The van der Waals surface area contributed by atoms with Gasteiger partial charge < -0.3 is 4.74 Å². The Balaban J connectivity index is 2.08. The van der Waals surface area contributed by atoms with Crippen molar-refractivity contribution in [2.45, 2.75) is 6.61 Å². The maximum atomic E-state index is 5.97. The van der Waals surface area contributed by atoms with Crippen molar-refractivity contribution in [1.82, 2.24) is 0 Å². The molecule has 0 aromatic heterocycles. The molecule has 0 saturated heterocycles. The van der Waals surface area contributed by atoms with E-state index in [2.05, 4.69) is 0 Å². The lowest BCUT2D eigenvalue weighted by Crippen LogP contribution is -1.95. The molecule has 88 valence electrons. The first-order valence-corrected chi connectivity index (χ1v) is 6.11. The summed E-state index contributed by atoms with van der Waals surface area (Å²) in [5.74, 6) is 0.653. The Morgan fingerprint density at radius 1 is 0.824 bits per heavy atom. The molecule has 4 heteroatoms. The number of rotatable bonds is 3. The maximum Gasteiger partial charge on any atom is 0.138 e. The van der Waals surface area contributed by atoms with Gasteiger partial charge in [-0.25, -0.2) is 0 Å². The topological polar surface area (TPSA) is 9.23 Å². The predicted octanol–water partition coefficient (Wildman–Crippen LogP) is 5.23. The molecule has 0 amide bonds. The third-order valence-electron chi connectivity index (χ3n) is 2.22. The molecule has 0 aliphatic carbocycles. The van der Waals surface area contributed by atoms with Crippen molar-refractivity contribution in [2.75, 3.05) is 0 Å². The van der Waals surface area contributed by atoms with Gasteiger partial charge in [-0.3, -0.25) is 0 Å². The summed E-state index contributed by atoms with van der Waals surface area (Å²) in [5, 5.41) is 1.65. The first-order valence-electron chi connectivity index (χ1n) is 4.98. The largest absolute Gasteiger partial charge is 0.487 e. The number of benzene rings is 2. The van der Waals surface area contributed by atoms with E-state index < -0.39 is 0 Å². The number of ether oxygens (including phenoxy) is 1. The third-order valence-corrected chi connectivity index (χ3v) is 3.27. The molecule has 0 aliphatic rings. The highest BCUT2D eigenvalue weighted by Crippen LogP contribution is 2.26. The molecule has 0 bridgehead atoms.